The second-order valence-corrected chi connectivity index (χ2v) is 5.26. The summed E-state index contributed by atoms with van der Waals surface area (Å²) in [5.74, 6) is -2.21. The van der Waals surface area contributed by atoms with Gasteiger partial charge in [0.15, 0.2) is 6.10 Å². The maximum Gasteiger partial charge on any atom is 0.265 e. The number of carbonyl (C=O) groups excluding carboxylic acids is 1. The predicted octanol–water partition coefficient (Wildman–Crippen LogP) is 4.68. The molecule has 116 valence electrons. The third-order valence-electron chi connectivity index (χ3n) is 2.78. The number of para-hydroxylation sites is 1. The summed E-state index contributed by atoms with van der Waals surface area (Å²) in [5, 5.41) is 2.79. The lowest BCUT2D eigenvalue weighted by atomic mass is 10.2. The molecule has 2 rings (SSSR count). The summed E-state index contributed by atoms with van der Waals surface area (Å²) < 4.78 is 32.3. The predicted molar refractivity (Wildman–Crippen MR) is 81.5 cm³/mol. The van der Waals surface area contributed by atoms with Crippen molar-refractivity contribution in [1.29, 1.82) is 0 Å². The number of carbonyl (C=O) groups is 1. The number of amides is 1. The second kappa shape index (κ2) is 6.94. The number of benzene rings is 2. The Bertz CT molecular complexity index is 690. The highest BCUT2D eigenvalue weighted by Crippen LogP contribution is 2.28. The van der Waals surface area contributed by atoms with Gasteiger partial charge in [-0.1, -0.05) is 29.3 Å². The van der Waals surface area contributed by atoms with E-state index in [1.165, 1.54) is 25.1 Å². The summed E-state index contributed by atoms with van der Waals surface area (Å²) in [7, 11) is 0. The van der Waals surface area contributed by atoms with Crippen LogP contribution in [0.2, 0.25) is 10.0 Å². The van der Waals surface area contributed by atoms with Crippen LogP contribution in [0, 0.1) is 11.6 Å². The van der Waals surface area contributed by atoms with Gasteiger partial charge in [0.1, 0.15) is 23.1 Å². The van der Waals surface area contributed by atoms with E-state index in [1.54, 1.807) is 6.07 Å². The molecular weight excluding hydrogens is 335 g/mol. The fourth-order valence-corrected chi connectivity index (χ4v) is 2.11. The van der Waals surface area contributed by atoms with Crippen LogP contribution in [0.3, 0.4) is 0 Å². The first kappa shape index (κ1) is 16.5. The van der Waals surface area contributed by atoms with Gasteiger partial charge >= 0.3 is 0 Å². The van der Waals surface area contributed by atoms with E-state index in [2.05, 4.69) is 5.32 Å². The van der Waals surface area contributed by atoms with Crippen LogP contribution >= 0.6 is 23.2 Å². The Kier molecular flexibility index (Phi) is 5.21. The van der Waals surface area contributed by atoms with Crippen LogP contribution in [-0.4, -0.2) is 12.0 Å². The summed E-state index contributed by atoms with van der Waals surface area (Å²) >= 11 is 11.7. The third kappa shape index (κ3) is 3.87. The van der Waals surface area contributed by atoms with E-state index in [4.69, 9.17) is 27.9 Å². The first-order chi connectivity index (χ1) is 10.4. The van der Waals surface area contributed by atoms with E-state index in [0.29, 0.717) is 5.02 Å². The van der Waals surface area contributed by atoms with Crippen molar-refractivity contribution < 1.29 is 18.3 Å². The highest BCUT2D eigenvalue weighted by molar-refractivity contribution is 6.35. The third-order valence-corrected chi connectivity index (χ3v) is 3.31. The van der Waals surface area contributed by atoms with Crippen molar-refractivity contribution in [1.82, 2.24) is 0 Å². The molecule has 0 aliphatic rings. The molecule has 0 bridgehead atoms. The van der Waals surface area contributed by atoms with Gasteiger partial charge in [-0.15, -0.1) is 0 Å². The highest BCUT2D eigenvalue weighted by atomic mass is 35.5. The molecule has 1 amide bonds. The zero-order valence-corrected chi connectivity index (χ0v) is 12.9. The van der Waals surface area contributed by atoms with Crippen molar-refractivity contribution in [2.24, 2.45) is 0 Å². The van der Waals surface area contributed by atoms with E-state index >= 15 is 0 Å². The van der Waals surface area contributed by atoms with E-state index in [0.717, 1.165) is 12.1 Å². The van der Waals surface area contributed by atoms with Crippen molar-refractivity contribution in [3.05, 3.63) is 58.1 Å². The molecule has 0 radical (unpaired) electrons. The van der Waals surface area contributed by atoms with Crippen molar-refractivity contribution in [3.63, 3.8) is 0 Å². The molecule has 7 heteroatoms. The van der Waals surface area contributed by atoms with Gasteiger partial charge < -0.3 is 10.1 Å². The molecule has 0 aliphatic heterocycles. The van der Waals surface area contributed by atoms with E-state index in [1.807, 2.05) is 0 Å². The van der Waals surface area contributed by atoms with Crippen molar-refractivity contribution in [2.45, 2.75) is 13.0 Å². The summed E-state index contributed by atoms with van der Waals surface area (Å²) in [6.07, 6.45) is -1.02. The molecule has 0 aliphatic carbocycles. The normalized spacial score (nSPS) is 11.9. The molecule has 0 saturated heterocycles. The average molecular weight is 346 g/mol. The molecule has 2 aromatic rings. The minimum atomic E-state index is -1.02. The Morgan fingerprint density at radius 2 is 1.82 bits per heavy atom. The maximum atomic E-state index is 13.5. The van der Waals surface area contributed by atoms with E-state index in [9.17, 15) is 13.6 Å². The SMILES string of the molecule is CC(Oc1ccc(Cl)cc1Cl)C(=O)Nc1c(F)cccc1F. The van der Waals surface area contributed by atoms with Gasteiger partial charge in [0, 0.05) is 5.02 Å². The monoisotopic (exact) mass is 345 g/mol. The lowest BCUT2D eigenvalue weighted by Gasteiger charge is -2.16. The first-order valence-corrected chi connectivity index (χ1v) is 7.00. The zero-order valence-electron chi connectivity index (χ0n) is 11.4. The molecule has 1 atom stereocenters. The molecule has 2 aromatic carbocycles. The average Bonchev–Trinajstić information content (AvgIpc) is 2.45. The quantitative estimate of drug-likeness (QED) is 0.873. The largest absolute Gasteiger partial charge is 0.479 e. The van der Waals surface area contributed by atoms with Crippen LogP contribution in [0.15, 0.2) is 36.4 Å². The second-order valence-electron chi connectivity index (χ2n) is 4.42. The van der Waals surface area contributed by atoms with Crippen molar-refractivity contribution >= 4 is 34.8 Å². The highest BCUT2D eigenvalue weighted by Gasteiger charge is 2.19. The molecule has 3 nitrogen and oxygen atoms in total. The number of hydrogen-bond acceptors (Lipinski definition) is 2. The van der Waals surface area contributed by atoms with Gasteiger partial charge in [-0.2, -0.15) is 0 Å². The maximum absolute atomic E-state index is 13.5. The number of halogens is 4. The van der Waals surface area contributed by atoms with Crippen LogP contribution in [-0.2, 0) is 4.79 Å². The number of hydrogen-bond donors (Lipinski definition) is 1. The summed E-state index contributed by atoms with van der Waals surface area (Å²) in [4.78, 5) is 12.0. The minimum absolute atomic E-state index is 0.226. The minimum Gasteiger partial charge on any atom is -0.479 e. The number of rotatable bonds is 4. The molecular formula is C15H11Cl2F2NO2. The Morgan fingerprint density at radius 1 is 1.18 bits per heavy atom. The van der Waals surface area contributed by atoms with Gasteiger partial charge in [0.05, 0.1) is 5.02 Å². The number of anilines is 1. The van der Waals surface area contributed by atoms with E-state index < -0.39 is 29.3 Å². The molecule has 0 heterocycles. The molecule has 1 N–H and O–H groups in total. The Labute approximate surface area is 135 Å². The lowest BCUT2D eigenvalue weighted by Crippen LogP contribution is -2.30. The molecule has 0 aromatic heterocycles. The van der Waals surface area contributed by atoms with Crippen LogP contribution in [0.5, 0.6) is 5.75 Å². The zero-order chi connectivity index (χ0) is 16.3. The van der Waals surface area contributed by atoms with Crippen LogP contribution in [0.4, 0.5) is 14.5 Å². The lowest BCUT2D eigenvalue weighted by molar-refractivity contribution is -0.122. The van der Waals surface area contributed by atoms with Crippen LogP contribution < -0.4 is 10.1 Å². The number of ether oxygens (including phenoxy) is 1. The van der Waals surface area contributed by atoms with Crippen LogP contribution in [0.1, 0.15) is 6.92 Å². The molecule has 0 spiro atoms. The van der Waals surface area contributed by atoms with Crippen molar-refractivity contribution in [2.75, 3.05) is 5.32 Å². The summed E-state index contributed by atoms with van der Waals surface area (Å²) in [6, 6.07) is 7.79. The molecule has 0 fully saturated rings. The summed E-state index contributed by atoms with van der Waals surface area (Å²) in [6.45, 7) is 1.43. The Hall–Kier alpha value is -1.85. The van der Waals surface area contributed by atoms with Gasteiger partial charge in [0.2, 0.25) is 0 Å². The fourth-order valence-electron chi connectivity index (χ4n) is 1.66. The Morgan fingerprint density at radius 3 is 2.41 bits per heavy atom. The van der Waals surface area contributed by atoms with Gasteiger partial charge in [-0.25, -0.2) is 8.78 Å². The molecule has 1 unspecified atom stereocenters. The fraction of sp³-hybridized carbons (Fsp3) is 0.133. The molecule has 22 heavy (non-hydrogen) atoms. The standard InChI is InChI=1S/C15H11Cl2F2NO2/c1-8(22-13-6-5-9(16)7-10(13)17)15(21)20-14-11(18)3-2-4-12(14)19/h2-8H,1H3,(H,20,21). The van der Waals surface area contributed by atoms with E-state index in [-0.39, 0.29) is 10.8 Å². The van der Waals surface area contributed by atoms with Crippen LogP contribution in [0.25, 0.3) is 0 Å². The summed E-state index contributed by atoms with van der Waals surface area (Å²) in [5.41, 5.74) is -0.523. The van der Waals surface area contributed by atoms with Gasteiger partial charge in [0.25, 0.3) is 5.91 Å². The van der Waals surface area contributed by atoms with Gasteiger partial charge in [-0.05, 0) is 37.3 Å². The molecule has 0 saturated carbocycles. The smallest absolute Gasteiger partial charge is 0.265 e. The topological polar surface area (TPSA) is 38.3 Å². The first-order valence-electron chi connectivity index (χ1n) is 6.25. The number of nitrogens with one attached hydrogen (secondary N) is 1. The van der Waals surface area contributed by atoms with Crippen molar-refractivity contribution in [3.8, 4) is 5.75 Å². The Balaban J connectivity index is 2.09. The van der Waals surface area contributed by atoms with Gasteiger partial charge in [-0.3, -0.25) is 4.79 Å².